The third-order valence-corrected chi connectivity index (χ3v) is 10.3. The van der Waals surface area contributed by atoms with Gasteiger partial charge in [-0.3, -0.25) is 4.79 Å². The van der Waals surface area contributed by atoms with Crippen LogP contribution in [0.4, 0.5) is 0 Å². The fourth-order valence-electron chi connectivity index (χ4n) is 6.28. The number of phenolic OH excluding ortho intramolecular Hbond substituents is 1. The average Bonchev–Trinajstić information content (AvgIpc) is 3.44. The first-order chi connectivity index (χ1) is 22.4. The SMILES string of the molecule is CCOC(=O)CC(c1ccc(C)c([C@@H](C)N2Cc3cc(O)ccc3OS2(=O)=O)c1)c1ccc2c(nnn2CCCN(C)CCO)c1C. The van der Waals surface area contributed by atoms with Crippen molar-refractivity contribution in [2.45, 2.75) is 65.6 Å². The zero-order chi connectivity index (χ0) is 33.9. The number of aryl methyl sites for hydroxylation is 3. The summed E-state index contributed by atoms with van der Waals surface area (Å²) in [5.74, 6) is -0.513. The molecule has 13 heteroatoms. The third-order valence-electron chi connectivity index (χ3n) is 8.87. The van der Waals surface area contributed by atoms with Crippen molar-refractivity contribution in [3.05, 3.63) is 81.9 Å². The van der Waals surface area contributed by atoms with E-state index < -0.39 is 22.3 Å². The number of esters is 1. The Hall–Kier alpha value is -4.04. The van der Waals surface area contributed by atoms with Gasteiger partial charge < -0.3 is 24.0 Å². The maximum atomic E-state index is 13.3. The molecule has 2 heterocycles. The molecule has 1 aliphatic heterocycles. The number of hydrogen-bond donors (Lipinski definition) is 2. The van der Waals surface area contributed by atoms with Gasteiger partial charge in [-0.15, -0.1) is 5.10 Å². The highest BCUT2D eigenvalue weighted by molar-refractivity contribution is 7.84. The predicted molar refractivity (Wildman–Crippen MR) is 177 cm³/mol. The third kappa shape index (κ3) is 7.43. The van der Waals surface area contributed by atoms with Crippen molar-refractivity contribution in [2.75, 3.05) is 33.4 Å². The van der Waals surface area contributed by atoms with Crippen LogP contribution in [0.5, 0.6) is 11.5 Å². The Kier molecular flexibility index (Phi) is 10.5. The molecule has 0 radical (unpaired) electrons. The highest BCUT2D eigenvalue weighted by Crippen LogP contribution is 2.39. The number of aliphatic hydroxyl groups is 1. The quantitative estimate of drug-likeness (QED) is 0.198. The molecular formula is C34H43N5O7S. The monoisotopic (exact) mass is 665 g/mol. The molecule has 3 aromatic carbocycles. The zero-order valence-corrected chi connectivity index (χ0v) is 28.3. The minimum absolute atomic E-state index is 0.0252. The number of rotatable bonds is 13. The molecule has 47 heavy (non-hydrogen) atoms. The summed E-state index contributed by atoms with van der Waals surface area (Å²) in [6.07, 6.45) is 0.927. The molecule has 0 saturated heterocycles. The van der Waals surface area contributed by atoms with Crippen LogP contribution in [-0.4, -0.2) is 82.2 Å². The number of phenols is 1. The Morgan fingerprint density at radius 1 is 1.11 bits per heavy atom. The molecule has 0 aliphatic carbocycles. The molecule has 1 aromatic heterocycles. The van der Waals surface area contributed by atoms with E-state index in [2.05, 4.69) is 15.2 Å². The van der Waals surface area contributed by atoms with Crippen LogP contribution in [0.3, 0.4) is 0 Å². The Bertz CT molecular complexity index is 1860. The van der Waals surface area contributed by atoms with Gasteiger partial charge in [0.1, 0.15) is 17.0 Å². The van der Waals surface area contributed by atoms with E-state index in [1.807, 2.05) is 55.9 Å². The second-order valence-electron chi connectivity index (χ2n) is 12.1. The zero-order valence-electron chi connectivity index (χ0n) is 27.5. The van der Waals surface area contributed by atoms with E-state index in [4.69, 9.17) is 14.0 Å². The fraction of sp³-hybridized carbons (Fsp3) is 0.441. The van der Waals surface area contributed by atoms with Crippen LogP contribution in [0.25, 0.3) is 11.0 Å². The number of fused-ring (bicyclic) bond motifs is 2. The van der Waals surface area contributed by atoms with Crippen LogP contribution in [-0.2, 0) is 32.9 Å². The molecule has 1 unspecified atom stereocenters. The fourth-order valence-corrected chi connectivity index (χ4v) is 7.57. The predicted octanol–water partition coefficient (Wildman–Crippen LogP) is 4.35. The summed E-state index contributed by atoms with van der Waals surface area (Å²) in [6, 6.07) is 13.6. The molecule has 4 aromatic rings. The van der Waals surface area contributed by atoms with Gasteiger partial charge in [-0.25, -0.2) is 4.68 Å². The summed E-state index contributed by atoms with van der Waals surface area (Å²) in [4.78, 5) is 15.0. The van der Waals surface area contributed by atoms with Gasteiger partial charge in [0, 0.05) is 31.1 Å². The summed E-state index contributed by atoms with van der Waals surface area (Å²) < 4.78 is 40.5. The number of aromatic nitrogens is 3. The van der Waals surface area contributed by atoms with Crippen LogP contribution in [0, 0.1) is 13.8 Å². The van der Waals surface area contributed by atoms with Gasteiger partial charge in [0.05, 0.1) is 31.2 Å². The van der Waals surface area contributed by atoms with E-state index in [0.717, 1.165) is 51.8 Å². The molecule has 2 N–H and O–H groups in total. The van der Waals surface area contributed by atoms with E-state index in [0.29, 0.717) is 18.7 Å². The van der Waals surface area contributed by atoms with Crippen molar-refractivity contribution >= 4 is 27.3 Å². The van der Waals surface area contributed by atoms with Crippen molar-refractivity contribution in [3.63, 3.8) is 0 Å². The van der Waals surface area contributed by atoms with Crippen LogP contribution in [0.2, 0.25) is 0 Å². The molecule has 0 bridgehead atoms. The first-order valence-electron chi connectivity index (χ1n) is 15.8. The number of carbonyl (C=O) groups excluding carboxylic acids is 1. The van der Waals surface area contributed by atoms with Gasteiger partial charge in [0.2, 0.25) is 0 Å². The lowest BCUT2D eigenvalue weighted by Gasteiger charge is -2.33. The molecule has 0 fully saturated rings. The molecule has 0 spiro atoms. The largest absolute Gasteiger partial charge is 0.508 e. The molecule has 5 rings (SSSR count). The second kappa shape index (κ2) is 14.4. The average molecular weight is 666 g/mol. The maximum absolute atomic E-state index is 13.3. The molecule has 0 saturated carbocycles. The minimum atomic E-state index is -4.12. The van der Waals surface area contributed by atoms with Gasteiger partial charge in [-0.2, -0.15) is 12.7 Å². The number of nitrogens with zero attached hydrogens (tertiary/aromatic N) is 5. The van der Waals surface area contributed by atoms with Crippen molar-refractivity contribution < 1.29 is 32.3 Å². The number of likely N-dealkylation sites (N-methyl/N-ethyl adjacent to an activating group) is 1. The Morgan fingerprint density at radius 2 is 1.89 bits per heavy atom. The summed E-state index contributed by atoms with van der Waals surface area (Å²) >= 11 is 0. The van der Waals surface area contributed by atoms with Gasteiger partial charge in [-0.1, -0.05) is 29.5 Å². The summed E-state index contributed by atoms with van der Waals surface area (Å²) in [5, 5.41) is 28.1. The number of aromatic hydroxyl groups is 1. The standard InChI is InChI=1S/C34H43N5O7S/c1-6-45-33(42)20-30(28-11-12-31-34(23(28)3)35-36-38(31)15-7-14-37(5)16-17-40)25-9-8-22(2)29(19-25)24(4)39-21-26-18-27(41)10-13-32(26)46-47(39,43)44/h8-13,18-19,24,30,40-41H,6-7,14-17,20-21H2,1-5H3/t24-,30?/m1/s1. The molecule has 1 aliphatic rings. The topological polar surface area (TPSA) is 147 Å². The van der Waals surface area contributed by atoms with Crippen molar-refractivity contribution in [1.82, 2.24) is 24.2 Å². The minimum Gasteiger partial charge on any atom is -0.508 e. The Morgan fingerprint density at radius 3 is 2.64 bits per heavy atom. The van der Waals surface area contributed by atoms with Crippen LogP contribution in [0.15, 0.2) is 48.5 Å². The number of aliphatic hydroxyl groups excluding tert-OH is 1. The van der Waals surface area contributed by atoms with Gasteiger partial charge in [0.25, 0.3) is 0 Å². The second-order valence-corrected chi connectivity index (χ2v) is 13.6. The number of hydrogen-bond acceptors (Lipinski definition) is 10. The summed E-state index contributed by atoms with van der Waals surface area (Å²) in [7, 11) is -2.15. The molecule has 2 atom stereocenters. The van der Waals surface area contributed by atoms with E-state index in [-0.39, 0.29) is 43.6 Å². The maximum Gasteiger partial charge on any atom is 0.386 e. The van der Waals surface area contributed by atoms with Crippen LogP contribution in [0.1, 0.15) is 72.0 Å². The van der Waals surface area contributed by atoms with Gasteiger partial charge >= 0.3 is 16.3 Å². The normalized spacial score (nSPS) is 15.7. The lowest BCUT2D eigenvalue weighted by atomic mass is 9.83. The van der Waals surface area contributed by atoms with E-state index in [9.17, 15) is 18.3 Å². The summed E-state index contributed by atoms with van der Waals surface area (Å²) in [6.45, 7) is 9.98. The van der Waals surface area contributed by atoms with Crippen LogP contribution < -0.4 is 4.18 Å². The number of carbonyl (C=O) groups is 1. The van der Waals surface area contributed by atoms with E-state index in [1.54, 1.807) is 13.8 Å². The molecule has 252 valence electrons. The Balaban J connectivity index is 1.49. The smallest absolute Gasteiger partial charge is 0.386 e. The molecule has 0 amide bonds. The van der Waals surface area contributed by atoms with Crippen molar-refractivity contribution in [3.8, 4) is 11.5 Å². The van der Waals surface area contributed by atoms with Gasteiger partial charge in [0.15, 0.2) is 0 Å². The van der Waals surface area contributed by atoms with E-state index >= 15 is 0 Å². The molecular weight excluding hydrogens is 622 g/mol. The highest BCUT2D eigenvalue weighted by atomic mass is 32.2. The highest BCUT2D eigenvalue weighted by Gasteiger charge is 2.37. The number of benzene rings is 3. The summed E-state index contributed by atoms with van der Waals surface area (Å²) in [5.41, 5.74) is 6.50. The van der Waals surface area contributed by atoms with Gasteiger partial charge in [-0.05, 0) is 99.8 Å². The van der Waals surface area contributed by atoms with Crippen molar-refractivity contribution in [2.24, 2.45) is 0 Å². The Labute approximate surface area is 275 Å². The van der Waals surface area contributed by atoms with E-state index in [1.165, 1.54) is 22.5 Å². The first-order valence-corrected chi connectivity index (χ1v) is 17.2. The number of ether oxygens (including phenoxy) is 1. The molecule has 12 nitrogen and oxygen atoms in total. The van der Waals surface area contributed by atoms with Crippen molar-refractivity contribution in [1.29, 1.82) is 0 Å². The van der Waals surface area contributed by atoms with Crippen LogP contribution >= 0.6 is 0 Å². The lowest BCUT2D eigenvalue weighted by Crippen LogP contribution is -2.39. The first kappa shape index (κ1) is 34.3. The lowest BCUT2D eigenvalue weighted by molar-refractivity contribution is -0.143.